The van der Waals surface area contributed by atoms with Crippen molar-refractivity contribution >= 4 is 5.96 Å². The summed E-state index contributed by atoms with van der Waals surface area (Å²) in [6.07, 6.45) is -3.27. The van der Waals surface area contributed by atoms with Gasteiger partial charge in [-0.1, -0.05) is 18.2 Å². The van der Waals surface area contributed by atoms with E-state index in [0.717, 1.165) is 0 Å². The predicted octanol–water partition coefficient (Wildman–Crippen LogP) is 3.55. The molecule has 2 aromatic rings. The summed E-state index contributed by atoms with van der Waals surface area (Å²) in [5.41, 5.74) is 0.447. The zero-order valence-corrected chi connectivity index (χ0v) is 17.7. The summed E-state index contributed by atoms with van der Waals surface area (Å²) in [4.78, 5) is 8.29. The quantitative estimate of drug-likeness (QED) is 0.435. The maximum absolute atomic E-state index is 12.4. The van der Waals surface area contributed by atoms with E-state index < -0.39 is 12.8 Å². The Balaban J connectivity index is 1.98. The molecule has 0 saturated carbocycles. The van der Waals surface area contributed by atoms with Crippen LogP contribution in [0.2, 0.25) is 0 Å². The molecule has 170 valence electrons. The molecule has 0 bridgehead atoms. The number of guanidine groups is 1. The van der Waals surface area contributed by atoms with Crippen LogP contribution in [0.4, 0.5) is 13.2 Å². The Labute approximate surface area is 179 Å². The third-order valence-corrected chi connectivity index (χ3v) is 3.93. The van der Waals surface area contributed by atoms with Crippen molar-refractivity contribution in [1.29, 1.82) is 0 Å². The predicted molar refractivity (Wildman–Crippen MR) is 112 cm³/mol. The summed E-state index contributed by atoms with van der Waals surface area (Å²) >= 11 is 0. The second kappa shape index (κ2) is 11.9. The highest BCUT2D eigenvalue weighted by atomic mass is 19.4. The maximum Gasteiger partial charge on any atom is 0.422 e. The van der Waals surface area contributed by atoms with Gasteiger partial charge in [-0.15, -0.1) is 0 Å². The molecular weight excluding hydrogens is 413 g/mol. The number of para-hydroxylation sites is 2. The van der Waals surface area contributed by atoms with Crippen LogP contribution in [0.1, 0.15) is 19.4 Å². The Hall–Kier alpha value is -3.17. The topological polar surface area (TPSA) is 77.0 Å². The Morgan fingerprint density at radius 2 is 1.87 bits per heavy atom. The third kappa shape index (κ3) is 8.61. The van der Waals surface area contributed by atoms with Crippen LogP contribution >= 0.6 is 0 Å². The molecule has 0 radical (unpaired) electrons. The highest BCUT2D eigenvalue weighted by Crippen LogP contribution is 2.26. The fourth-order valence-electron chi connectivity index (χ4n) is 2.55. The van der Waals surface area contributed by atoms with Crippen LogP contribution < -0.4 is 24.8 Å². The molecular formula is C21H27F3N4O3. The number of aromatic nitrogens is 1. The van der Waals surface area contributed by atoms with E-state index in [9.17, 15) is 13.2 Å². The van der Waals surface area contributed by atoms with Gasteiger partial charge in [0, 0.05) is 18.3 Å². The minimum Gasteiger partial charge on any atom is -0.493 e. The highest BCUT2D eigenvalue weighted by Gasteiger charge is 2.29. The van der Waals surface area contributed by atoms with Crippen LogP contribution in [-0.4, -0.2) is 50.0 Å². The number of hydrogen-bond acceptors (Lipinski definition) is 5. The van der Waals surface area contributed by atoms with Crippen molar-refractivity contribution in [3.63, 3.8) is 0 Å². The number of aliphatic imine (C=N–C) groups is 1. The molecule has 7 nitrogen and oxygen atoms in total. The second-order valence-corrected chi connectivity index (χ2v) is 6.53. The van der Waals surface area contributed by atoms with Gasteiger partial charge < -0.3 is 24.8 Å². The van der Waals surface area contributed by atoms with E-state index in [0.29, 0.717) is 36.1 Å². The molecule has 0 aliphatic rings. The molecule has 0 fully saturated rings. The summed E-state index contributed by atoms with van der Waals surface area (Å²) in [5, 5.41) is 6.24. The van der Waals surface area contributed by atoms with Crippen LogP contribution in [0, 0.1) is 0 Å². The van der Waals surface area contributed by atoms with Crippen molar-refractivity contribution in [3.8, 4) is 17.4 Å². The van der Waals surface area contributed by atoms with Gasteiger partial charge in [0.15, 0.2) is 24.1 Å². The fraction of sp³-hybridized carbons (Fsp3) is 0.429. The van der Waals surface area contributed by atoms with Crippen molar-refractivity contribution in [2.24, 2.45) is 4.99 Å². The molecule has 1 heterocycles. The standard InChI is InChI=1S/C21H27F3N4O3/c1-4-25-20(27-12-15(2)31-18-10-6-5-9-17(18)29-3)28-13-16-8-7-11-26-19(16)30-14-21(22,23)24/h5-11,15H,4,12-14H2,1-3H3,(H2,25,27,28). The van der Waals surface area contributed by atoms with Crippen molar-refractivity contribution in [1.82, 2.24) is 15.6 Å². The first-order valence-electron chi connectivity index (χ1n) is 9.77. The van der Waals surface area contributed by atoms with Gasteiger partial charge in [0.25, 0.3) is 0 Å². The fourth-order valence-corrected chi connectivity index (χ4v) is 2.55. The van der Waals surface area contributed by atoms with Gasteiger partial charge in [-0.3, -0.25) is 0 Å². The number of halogens is 3. The molecule has 1 unspecified atom stereocenters. The minimum atomic E-state index is -4.44. The van der Waals surface area contributed by atoms with E-state index in [-0.39, 0.29) is 18.5 Å². The molecule has 10 heteroatoms. The molecule has 0 amide bonds. The van der Waals surface area contributed by atoms with E-state index in [1.807, 2.05) is 38.1 Å². The number of ether oxygens (including phenoxy) is 3. The molecule has 2 rings (SSSR count). The lowest BCUT2D eigenvalue weighted by molar-refractivity contribution is -0.154. The van der Waals surface area contributed by atoms with Crippen LogP contribution in [0.3, 0.4) is 0 Å². The van der Waals surface area contributed by atoms with Crippen LogP contribution in [0.25, 0.3) is 0 Å². The van der Waals surface area contributed by atoms with E-state index in [1.54, 1.807) is 19.2 Å². The molecule has 31 heavy (non-hydrogen) atoms. The number of benzene rings is 1. The maximum atomic E-state index is 12.4. The summed E-state index contributed by atoms with van der Waals surface area (Å²) in [7, 11) is 1.58. The number of methoxy groups -OCH3 is 1. The molecule has 0 aliphatic heterocycles. The first-order valence-corrected chi connectivity index (χ1v) is 9.77. The smallest absolute Gasteiger partial charge is 0.422 e. The van der Waals surface area contributed by atoms with Gasteiger partial charge in [0.1, 0.15) is 6.10 Å². The third-order valence-electron chi connectivity index (χ3n) is 3.93. The summed E-state index contributed by atoms with van der Waals surface area (Å²) in [5.74, 6) is 1.66. The average molecular weight is 440 g/mol. The molecule has 0 aliphatic carbocycles. The lowest BCUT2D eigenvalue weighted by Crippen LogP contribution is -2.41. The Bertz CT molecular complexity index is 847. The Morgan fingerprint density at radius 1 is 1.13 bits per heavy atom. The zero-order chi connectivity index (χ0) is 22.7. The number of alkyl halides is 3. The summed E-state index contributed by atoms with van der Waals surface area (Å²) < 4.78 is 53.3. The van der Waals surface area contributed by atoms with Crippen molar-refractivity contribution in [2.75, 3.05) is 26.8 Å². The molecule has 2 N–H and O–H groups in total. The zero-order valence-electron chi connectivity index (χ0n) is 17.7. The number of pyridine rings is 1. The van der Waals surface area contributed by atoms with Gasteiger partial charge in [-0.2, -0.15) is 13.2 Å². The van der Waals surface area contributed by atoms with E-state index in [1.165, 1.54) is 6.20 Å². The largest absolute Gasteiger partial charge is 0.493 e. The molecule has 1 aromatic carbocycles. The number of hydrogen-bond donors (Lipinski definition) is 2. The SMILES string of the molecule is CCNC(=NCc1cccnc1OCC(F)(F)F)NCC(C)Oc1ccccc1OC. The second-order valence-electron chi connectivity index (χ2n) is 6.53. The summed E-state index contributed by atoms with van der Waals surface area (Å²) in [6, 6.07) is 10.6. The van der Waals surface area contributed by atoms with Gasteiger partial charge in [-0.05, 0) is 32.0 Å². The normalized spacial score (nSPS) is 12.8. The van der Waals surface area contributed by atoms with Crippen LogP contribution in [0.5, 0.6) is 17.4 Å². The number of nitrogens with zero attached hydrogens (tertiary/aromatic N) is 2. The van der Waals surface area contributed by atoms with E-state index in [2.05, 4.69) is 20.6 Å². The lowest BCUT2D eigenvalue weighted by Gasteiger charge is -2.19. The van der Waals surface area contributed by atoms with Crippen LogP contribution in [0.15, 0.2) is 47.6 Å². The lowest BCUT2D eigenvalue weighted by atomic mass is 10.3. The number of rotatable bonds is 10. The van der Waals surface area contributed by atoms with E-state index in [4.69, 9.17) is 14.2 Å². The molecule has 1 atom stereocenters. The van der Waals surface area contributed by atoms with Crippen molar-refractivity contribution in [3.05, 3.63) is 48.2 Å². The first-order chi connectivity index (χ1) is 14.8. The van der Waals surface area contributed by atoms with Crippen molar-refractivity contribution in [2.45, 2.75) is 32.7 Å². The van der Waals surface area contributed by atoms with Crippen LogP contribution in [-0.2, 0) is 6.54 Å². The van der Waals surface area contributed by atoms with Gasteiger partial charge in [0.05, 0.1) is 20.2 Å². The highest BCUT2D eigenvalue weighted by molar-refractivity contribution is 5.79. The summed E-state index contributed by atoms with van der Waals surface area (Å²) in [6.45, 7) is 3.54. The Kier molecular flexibility index (Phi) is 9.23. The first kappa shape index (κ1) is 24.1. The van der Waals surface area contributed by atoms with E-state index >= 15 is 0 Å². The van der Waals surface area contributed by atoms with Crippen molar-refractivity contribution < 1.29 is 27.4 Å². The minimum absolute atomic E-state index is 0.0905. The molecule has 1 aromatic heterocycles. The molecule has 0 spiro atoms. The monoisotopic (exact) mass is 440 g/mol. The Morgan fingerprint density at radius 3 is 2.55 bits per heavy atom. The van der Waals surface area contributed by atoms with Gasteiger partial charge in [0.2, 0.25) is 5.88 Å². The van der Waals surface area contributed by atoms with Gasteiger partial charge >= 0.3 is 6.18 Å². The average Bonchev–Trinajstić information content (AvgIpc) is 2.74. The molecule has 0 saturated heterocycles. The van der Waals surface area contributed by atoms with Gasteiger partial charge in [-0.25, -0.2) is 9.98 Å². The number of nitrogens with one attached hydrogen (secondary N) is 2.